The summed E-state index contributed by atoms with van der Waals surface area (Å²) in [5, 5.41) is 23.8. The maximum Gasteiger partial charge on any atom is 0.339 e. The van der Waals surface area contributed by atoms with E-state index >= 15 is 4.39 Å². The number of hydrogen-bond donors (Lipinski definition) is 2. The van der Waals surface area contributed by atoms with Crippen molar-refractivity contribution in [2.75, 3.05) is 19.7 Å². The zero-order chi connectivity index (χ0) is 26.2. The topological polar surface area (TPSA) is 96.3 Å². The number of ether oxygens (including phenoxy) is 1. The molecule has 1 aromatic carbocycles. The number of allylic oxidation sites excluding steroid dienone is 4. The number of aliphatic carboxylic acids is 1. The highest BCUT2D eigenvalue weighted by Crippen LogP contribution is 2.72. The fraction of sp³-hybridized carbons (Fsp3) is 0.586. The SMILES string of the molecule is C[C@]12C=CC(=O)C=C1CC[C@H]1[C@@H]3C[C@H]4CN(CCOc5ccccc5)O[C@@]4(C(=O)O)[C@@]3(C)C[C@H](O)[C@@]12F. The third-order valence-corrected chi connectivity index (χ3v) is 10.4. The Balaban J connectivity index is 1.28. The zero-order valence-corrected chi connectivity index (χ0v) is 21.2. The number of aliphatic hydroxyl groups is 1. The van der Waals surface area contributed by atoms with Gasteiger partial charge in [-0.2, -0.15) is 5.06 Å². The van der Waals surface area contributed by atoms with E-state index in [1.807, 2.05) is 37.3 Å². The van der Waals surface area contributed by atoms with Crippen molar-refractivity contribution in [1.82, 2.24) is 5.06 Å². The molecule has 0 radical (unpaired) electrons. The molecule has 4 fully saturated rings. The van der Waals surface area contributed by atoms with Crippen molar-refractivity contribution in [3.05, 3.63) is 54.1 Å². The van der Waals surface area contributed by atoms with E-state index in [0.29, 0.717) is 44.5 Å². The van der Waals surface area contributed by atoms with Crippen molar-refractivity contribution in [2.45, 2.75) is 56.9 Å². The van der Waals surface area contributed by atoms with Gasteiger partial charge in [0.05, 0.1) is 12.6 Å². The fourth-order valence-electron chi connectivity index (χ4n) is 8.61. The van der Waals surface area contributed by atoms with Gasteiger partial charge in [0.2, 0.25) is 0 Å². The third-order valence-electron chi connectivity index (χ3n) is 10.4. The molecule has 0 spiro atoms. The molecule has 1 aliphatic heterocycles. The van der Waals surface area contributed by atoms with E-state index in [9.17, 15) is 19.8 Å². The summed E-state index contributed by atoms with van der Waals surface area (Å²) in [5.41, 5.74) is -4.86. The summed E-state index contributed by atoms with van der Waals surface area (Å²) in [6.45, 7) is 4.78. The van der Waals surface area contributed by atoms with E-state index in [-0.39, 0.29) is 24.0 Å². The fourth-order valence-corrected chi connectivity index (χ4v) is 8.61. The van der Waals surface area contributed by atoms with Crippen LogP contribution in [0.2, 0.25) is 0 Å². The predicted octanol–water partition coefficient (Wildman–Crippen LogP) is 3.73. The van der Waals surface area contributed by atoms with Crippen LogP contribution in [-0.2, 0) is 14.4 Å². The molecule has 2 N–H and O–H groups in total. The van der Waals surface area contributed by atoms with E-state index < -0.39 is 40.1 Å². The molecule has 0 amide bonds. The van der Waals surface area contributed by atoms with Gasteiger partial charge >= 0.3 is 5.97 Å². The largest absolute Gasteiger partial charge is 0.492 e. The number of hydrogen-bond acceptors (Lipinski definition) is 6. The van der Waals surface area contributed by atoms with Crippen LogP contribution in [-0.4, -0.2) is 64.1 Å². The van der Waals surface area contributed by atoms with Crippen LogP contribution in [0.5, 0.6) is 5.75 Å². The first-order chi connectivity index (χ1) is 17.6. The number of carboxylic acid groups (broad SMARTS) is 1. The molecule has 4 aliphatic carbocycles. The molecular formula is C29H34FNO6. The Hall–Kier alpha value is -2.55. The quantitative estimate of drug-likeness (QED) is 0.622. The van der Waals surface area contributed by atoms with E-state index in [2.05, 4.69) is 0 Å². The van der Waals surface area contributed by atoms with Gasteiger partial charge < -0.3 is 14.9 Å². The van der Waals surface area contributed by atoms with Crippen molar-refractivity contribution in [3.8, 4) is 5.75 Å². The lowest BCUT2D eigenvalue weighted by Gasteiger charge is -2.62. The average Bonchev–Trinajstić information content (AvgIpc) is 3.34. The van der Waals surface area contributed by atoms with Crippen LogP contribution in [0.25, 0.3) is 0 Å². The molecule has 0 aromatic heterocycles. The van der Waals surface area contributed by atoms with E-state index in [1.165, 1.54) is 12.2 Å². The number of ketones is 1. The number of carboxylic acids is 1. The number of carbonyl (C=O) groups excluding carboxylic acids is 1. The molecule has 1 saturated heterocycles. The van der Waals surface area contributed by atoms with Gasteiger partial charge in [-0.3, -0.25) is 9.63 Å². The zero-order valence-electron chi connectivity index (χ0n) is 21.2. The maximum atomic E-state index is 17.3. The Morgan fingerprint density at radius 2 is 2.00 bits per heavy atom. The monoisotopic (exact) mass is 511 g/mol. The van der Waals surface area contributed by atoms with Crippen LogP contribution in [0, 0.1) is 28.6 Å². The van der Waals surface area contributed by atoms with Crippen molar-refractivity contribution in [1.29, 1.82) is 0 Å². The molecule has 1 heterocycles. The lowest BCUT2D eigenvalue weighted by atomic mass is 9.45. The molecule has 3 saturated carbocycles. The molecule has 198 valence electrons. The number of carbonyl (C=O) groups is 2. The first-order valence-electron chi connectivity index (χ1n) is 13.2. The van der Waals surface area contributed by atoms with Crippen LogP contribution in [0.4, 0.5) is 4.39 Å². The minimum atomic E-state index is -1.99. The van der Waals surface area contributed by atoms with E-state index in [4.69, 9.17) is 9.57 Å². The van der Waals surface area contributed by atoms with Crippen molar-refractivity contribution in [3.63, 3.8) is 0 Å². The molecule has 8 atom stereocenters. The maximum absolute atomic E-state index is 17.3. The highest BCUT2D eigenvalue weighted by atomic mass is 19.1. The average molecular weight is 512 g/mol. The van der Waals surface area contributed by atoms with Gasteiger partial charge in [-0.05, 0) is 62.8 Å². The van der Waals surface area contributed by atoms with Crippen LogP contribution in [0.3, 0.4) is 0 Å². The van der Waals surface area contributed by atoms with Crippen LogP contribution in [0.1, 0.15) is 39.5 Å². The second-order valence-corrected chi connectivity index (χ2v) is 11.9. The number of rotatable bonds is 5. The number of alkyl halides is 1. The number of benzene rings is 1. The number of halogens is 1. The first-order valence-corrected chi connectivity index (χ1v) is 13.2. The first kappa shape index (κ1) is 24.8. The second kappa shape index (κ2) is 8.22. The molecular weight excluding hydrogens is 477 g/mol. The molecule has 37 heavy (non-hydrogen) atoms. The molecule has 8 heteroatoms. The second-order valence-electron chi connectivity index (χ2n) is 11.9. The van der Waals surface area contributed by atoms with Gasteiger partial charge in [0.1, 0.15) is 12.4 Å². The summed E-state index contributed by atoms with van der Waals surface area (Å²) in [7, 11) is 0. The molecule has 0 bridgehead atoms. The van der Waals surface area contributed by atoms with Crippen molar-refractivity contribution < 1.29 is 33.8 Å². The lowest BCUT2D eigenvalue weighted by Crippen LogP contribution is -2.69. The van der Waals surface area contributed by atoms with Crippen LogP contribution in [0.15, 0.2) is 54.1 Å². The van der Waals surface area contributed by atoms with Crippen LogP contribution >= 0.6 is 0 Å². The highest BCUT2D eigenvalue weighted by Gasteiger charge is 2.79. The molecule has 6 rings (SSSR count). The summed E-state index contributed by atoms with van der Waals surface area (Å²) >= 11 is 0. The van der Waals surface area contributed by atoms with E-state index in [0.717, 1.165) is 5.75 Å². The highest BCUT2D eigenvalue weighted by molar-refractivity contribution is 6.01. The van der Waals surface area contributed by atoms with Crippen LogP contribution < -0.4 is 4.74 Å². The Morgan fingerprint density at radius 1 is 1.24 bits per heavy atom. The summed E-state index contributed by atoms with van der Waals surface area (Å²) in [5.74, 6) is -1.63. The minimum absolute atomic E-state index is 0.0214. The summed E-state index contributed by atoms with van der Waals surface area (Å²) in [4.78, 5) is 31.3. The summed E-state index contributed by atoms with van der Waals surface area (Å²) in [6.07, 6.45) is 4.65. The standard InChI is InChI=1S/C29H34FNO6/c1-26-11-10-20(32)14-18(26)8-9-22-23-15-19-17-31(12-13-36-21-6-4-3-5-7-21)37-29(19,25(34)35)27(23,2)16-24(33)28(22,26)30/h3-7,10-11,14,19,22-24,33H,8-9,12-13,15-17H2,1-2H3,(H,34,35)/t19-,22-,23-,24-,26-,27-,28-,29-/m0/s1. The number of fused-ring (bicyclic) bond motifs is 7. The minimum Gasteiger partial charge on any atom is -0.492 e. The number of hydroxylamine groups is 2. The molecule has 5 aliphatic rings. The Morgan fingerprint density at radius 3 is 2.73 bits per heavy atom. The molecule has 0 unspecified atom stereocenters. The Bertz CT molecular complexity index is 1190. The summed E-state index contributed by atoms with van der Waals surface area (Å²) < 4.78 is 23.1. The third kappa shape index (κ3) is 3.15. The van der Waals surface area contributed by atoms with Gasteiger partial charge in [0, 0.05) is 29.2 Å². The predicted molar refractivity (Wildman–Crippen MR) is 132 cm³/mol. The van der Waals surface area contributed by atoms with Gasteiger partial charge in [-0.25, -0.2) is 9.18 Å². The van der Waals surface area contributed by atoms with Gasteiger partial charge in [-0.1, -0.05) is 36.8 Å². The van der Waals surface area contributed by atoms with E-state index in [1.54, 1.807) is 18.1 Å². The van der Waals surface area contributed by atoms with Gasteiger partial charge in [-0.15, -0.1) is 0 Å². The number of para-hydroxylation sites is 1. The number of aliphatic hydroxyl groups excluding tert-OH is 1. The number of nitrogens with zero attached hydrogens (tertiary/aromatic N) is 1. The summed E-state index contributed by atoms with van der Waals surface area (Å²) in [6, 6.07) is 9.40. The lowest BCUT2D eigenvalue weighted by molar-refractivity contribution is -0.272. The Labute approximate surface area is 215 Å². The van der Waals surface area contributed by atoms with Crippen molar-refractivity contribution in [2.24, 2.45) is 28.6 Å². The van der Waals surface area contributed by atoms with Gasteiger partial charge in [0.15, 0.2) is 17.1 Å². The normalized spacial score (nSPS) is 44.4. The Kier molecular flexibility index (Phi) is 5.50. The molecule has 7 nitrogen and oxygen atoms in total. The smallest absolute Gasteiger partial charge is 0.339 e. The molecule has 1 aromatic rings. The van der Waals surface area contributed by atoms with Crippen molar-refractivity contribution >= 4 is 11.8 Å². The van der Waals surface area contributed by atoms with Gasteiger partial charge in [0.25, 0.3) is 0 Å².